The van der Waals surface area contributed by atoms with Gasteiger partial charge in [-0.05, 0) is 31.0 Å². The van der Waals surface area contributed by atoms with Gasteiger partial charge in [-0.3, -0.25) is 9.10 Å². The number of ether oxygens (including phenoxy) is 1. The molecule has 0 bridgehead atoms. The highest BCUT2D eigenvalue weighted by Gasteiger charge is 2.35. The molecular weight excluding hydrogens is 402 g/mol. The minimum Gasteiger partial charge on any atom is -0.481 e. The van der Waals surface area contributed by atoms with Crippen molar-refractivity contribution in [1.82, 2.24) is 0 Å². The monoisotopic (exact) mass is 427 g/mol. The fourth-order valence-corrected chi connectivity index (χ4v) is 5.09. The van der Waals surface area contributed by atoms with Crippen LogP contribution in [0.3, 0.4) is 0 Å². The van der Waals surface area contributed by atoms with Gasteiger partial charge in [-0.2, -0.15) is 0 Å². The molecule has 1 aliphatic heterocycles. The number of hydrogen-bond donors (Lipinski definition) is 1. The van der Waals surface area contributed by atoms with E-state index in [-0.39, 0.29) is 11.3 Å². The van der Waals surface area contributed by atoms with Crippen LogP contribution in [0.2, 0.25) is 0 Å². The predicted octanol–water partition coefficient (Wildman–Crippen LogP) is 3.95. The van der Waals surface area contributed by atoms with Crippen LogP contribution in [0, 0.1) is 12.3 Å². The molecule has 30 heavy (non-hydrogen) atoms. The molecule has 0 aliphatic carbocycles. The van der Waals surface area contributed by atoms with Crippen molar-refractivity contribution >= 4 is 21.7 Å². The molecule has 6 nitrogen and oxygen atoms in total. The van der Waals surface area contributed by atoms with Crippen LogP contribution in [-0.2, 0) is 19.6 Å². The average Bonchev–Trinajstić information content (AvgIpc) is 2.80. The molecule has 0 spiro atoms. The molecule has 0 radical (unpaired) electrons. The van der Waals surface area contributed by atoms with Crippen molar-refractivity contribution in [2.75, 3.05) is 18.0 Å². The Balaban J connectivity index is 1.88. The number of rotatable bonds is 8. The molecule has 1 aliphatic rings. The largest absolute Gasteiger partial charge is 0.481 e. The van der Waals surface area contributed by atoms with Crippen molar-refractivity contribution in [3.05, 3.63) is 59.2 Å². The van der Waals surface area contributed by atoms with Gasteiger partial charge in [-0.25, -0.2) is 8.42 Å². The van der Waals surface area contributed by atoms with Crippen LogP contribution in [0.1, 0.15) is 54.9 Å². The van der Waals surface area contributed by atoms with Gasteiger partial charge in [0, 0.05) is 36.8 Å². The number of benzene rings is 2. The van der Waals surface area contributed by atoms with E-state index >= 15 is 0 Å². The zero-order valence-corrected chi connectivity index (χ0v) is 17.7. The highest BCUT2D eigenvalue weighted by molar-refractivity contribution is 7.92. The van der Waals surface area contributed by atoms with Crippen molar-refractivity contribution in [3.63, 3.8) is 0 Å². The fourth-order valence-electron chi connectivity index (χ4n) is 3.62. The lowest BCUT2D eigenvalue weighted by molar-refractivity contribution is -0.137. The lowest BCUT2D eigenvalue weighted by Gasteiger charge is -2.21. The summed E-state index contributed by atoms with van der Waals surface area (Å²) in [6.45, 7) is 0.437. The maximum absolute atomic E-state index is 13.3. The van der Waals surface area contributed by atoms with Crippen molar-refractivity contribution in [3.8, 4) is 12.3 Å². The number of sulfonamides is 1. The number of fused-ring (bicyclic) bond motifs is 2. The summed E-state index contributed by atoms with van der Waals surface area (Å²) in [5.74, 6) is 1.72. The first kappa shape index (κ1) is 21.9. The highest BCUT2D eigenvalue weighted by atomic mass is 32.2. The first-order valence-electron chi connectivity index (χ1n) is 9.88. The number of aliphatic carboxylic acids is 1. The Morgan fingerprint density at radius 1 is 1.13 bits per heavy atom. The standard InChI is InChI=1S/C23H25NO5S/c1-3-17-13-14-19-21(16-17)30(27,28)24(2)20-11-8-7-10-18(20)23(19)29-15-9-5-4-6-12-22(25)26/h1,7-8,10-11,13-14,16,23H,4-6,9,12,15H2,2H3,(H,25,26). The lowest BCUT2D eigenvalue weighted by atomic mass is 9.98. The van der Waals surface area contributed by atoms with E-state index in [4.69, 9.17) is 16.3 Å². The van der Waals surface area contributed by atoms with Gasteiger partial charge >= 0.3 is 5.97 Å². The second kappa shape index (κ2) is 9.33. The van der Waals surface area contributed by atoms with E-state index in [0.717, 1.165) is 24.8 Å². The van der Waals surface area contributed by atoms with Crippen molar-refractivity contribution in [2.45, 2.75) is 43.1 Å². The highest BCUT2D eigenvalue weighted by Crippen LogP contribution is 2.42. The second-order valence-electron chi connectivity index (χ2n) is 7.24. The number of nitrogens with zero attached hydrogens (tertiary/aromatic N) is 1. The third-order valence-electron chi connectivity index (χ3n) is 5.23. The lowest BCUT2D eigenvalue weighted by Crippen LogP contribution is -2.26. The number of anilines is 1. The minimum atomic E-state index is -3.78. The molecule has 0 amide bonds. The maximum Gasteiger partial charge on any atom is 0.303 e. The van der Waals surface area contributed by atoms with Crippen LogP contribution in [0.4, 0.5) is 5.69 Å². The van der Waals surface area contributed by atoms with Crippen molar-refractivity contribution in [1.29, 1.82) is 0 Å². The number of hydrogen-bond acceptors (Lipinski definition) is 4. The van der Waals surface area contributed by atoms with Gasteiger partial charge in [0.25, 0.3) is 10.0 Å². The molecule has 1 atom stereocenters. The van der Waals surface area contributed by atoms with E-state index in [2.05, 4.69) is 5.92 Å². The summed E-state index contributed by atoms with van der Waals surface area (Å²) in [5, 5.41) is 8.71. The molecule has 0 saturated carbocycles. The van der Waals surface area contributed by atoms with Crippen LogP contribution in [0.25, 0.3) is 0 Å². The smallest absolute Gasteiger partial charge is 0.303 e. The number of carboxylic acids is 1. The van der Waals surface area contributed by atoms with E-state index < -0.39 is 22.1 Å². The molecule has 158 valence electrons. The van der Waals surface area contributed by atoms with E-state index in [1.807, 2.05) is 12.1 Å². The molecule has 1 heterocycles. The topological polar surface area (TPSA) is 83.9 Å². The quantitative estimate of drug-likeness (QED) is 0.509. The number of carbonyl (C=O) groups is 1. The van der Waals surface area contributed by atoms with Crippen LogP contribution in [0.15, 0.2) is 47.4 Å². The SMILES string of the molecule is C#Cc1ccc2c(c1)S(=O)(=O)N(C)c1ccccc1C2OCCCCCCC(=O)O. The molecule has 2 aromatic carbocycles. The number of para-hydroxylation sites is 1. The zero-order valence-electron chi connectivity index (χ0n) is 16.9. The van der Waals surface area contributed by atoms with Crippen molar-refractivity contribution < 1.29 is 23.1 Å². The molecule has 0 fully saturated rings. The number of terminal acetylenes is 1. The molecule has 0 aromatic heterocycles. The normalized spacial score (nSPS) is 16.8. The van der Waals surface area contributed by atoms with E-state index in [1.165, 1.54) is 17.4 Å². The summed E-state index contributed by atoms with van der Waals surface area (Å²) in [5.41, 5.74) is 2.41. The minimum absolute atomic E-state index is 0.156. The molecule has 2 aromatic rings. The number of carboxylic acid groups (broad SMARTS) is 1. The van der Waals surface area contributed by atoms with Gasteiger partial charge in [0.2, 0.25) is 0 Å². The molecule has 7 heteroatoms. The van der Waals surface area contributed by atoms with Crippen LogP contribution < -0.4 is 4.31 Å². The van der Waals surface area contributed by atoms with Gasteiger partial charge in [0.15, 0.2) is 0 Å². The molecular formula is C23H25NO5S. The van der Waals surface area contributed by atoms with E-state index in [1.54, 1.807) is 24.3 Å². The summed E-state index contributed by atoms with van der Waals surface area (Å²) < 4.78 is 34.0. The summed E-state index contributed by atoms with van der Waals surface area (Å²) in [4.78, 5) is 10.8. The molecule has 1 unspecified atom stereocenters. The van der Waals surface area contributed by atoms with E-state index in [0.29, 0.717) is 29.8 Å². The average molecular weight is 428 g/mol. The molecule has 0 saturated heterocycles. The number of unbranched alkanes of at least 4 members (excludes halogenated alkanes) is 3. The predicted molar refractivity (Wildman–Crippen MR) is 115 cm³/mol. The van der Waals surface area contributed by atoms with Crippen LogP contribution >= 0.6 is 0 Å². The first-order valence-corrected chi connectivity index (χ1v) is 11.3. The second-order valence-corrected chi connectivity index (χ2v) is 9.17. The van der Waals surface area contributed by atoms with Crippen molar-refractivity contribution in [2.24, 2.45) is 0 Å². The van der Waals surface area contributed by atoms with Gasteiger partial charge in [-0.1, -0.05) is 43.0 Å². The third-order valence-corrected chi connectivity index (χ3v) is 7.06. The molecule has 3 rings (SSSR count). The third kappa shape index (κ3) is 4.50. The Kier molecular flexibility index (Phi) is 6.80. The zero-order chi connectivity index (χ0) is 21.7. The van der Waals surface area contributed by atoms with Gasteiger partial charge in [-0.15, -0.1) is 6.42 Å². The first-order chi connectivity index (χ1) is 14.4. The summed E-state index contributed by atoms with van der Waals surface area (Å²) in [6, 6.07) is 12.3. The summed E-state index contributed by atoms with van der Waals surface area (Å²) in [7, 11) is -2.25. The maximum atomic E-state index is 13.3. The Morgan fingerprint density at radius 3 is 2.60 bits per heavy atom. The Labute approximate surface area is 177 Å². The fraction of sp³-hybridized carbons (Fsp3) is 0.348. The summed E-state index contributed by atoms with van der Waals surface area (Å²) in [6.07, 6.45) is 8.20. The van der Waals surface area contributed by atoms with Gasteiger partial charge in [0.05, 0.1) is 10.6 Å². The Morgan fingerprint density at radius 2 is 1.87 bits per heavy atom. The van der Waals surface area contributed by atoms with Crippen LogP contribution in [-0.4, -0.2) is 33.1 Å². The Bertz CT molecular complexity index is 1070. The van der Waals surface area contributed by atoms with Gasteiger partial charge < -0.3 is 9.84 Å². The summed E-state index contributed by atoms with van der Waals surface area (Å²) >= 11 is 0. The van der Waals surface area contributed by atoms with E-state index in [9.17, 15) is 13.2 Å². The van der Waals surface area contributed by atoms with Gasteiger partial charge in [0.1, 0.15) is 6.10 Å². The van der Waals surface area contributed by atoms with Crippen LogP contribution in [0.5, 0.6) is 0 Å². The molecule has 1 N–H and O–H groups in total. The Hall–Kier alpha value is -2.82.